The van der Waals surface area contributed by atoms with Crippen LogP contribution in [-0.2, 0) is 11.3 Å². The van der Waals surface area contributed by atoms with Gasteiger partial charge in [0.15, 0.2) is 0 Å². The molecule has 1 aliphatic heterocycles. The number of benzene rings is 1. The summed E-state index contributed by atoms with van der Waals surface area (Å²) in [4.78, 5) is 32.5. The monoisotopic (exact) mass is 441 g/mol. The number of fused-ring (bicyclic) bond motifs is 1. The molecule has 136 valence electrons. The molecule has 0 unspecified atom stereocenters. The molecule has 1 aromatic carbocycles. The van der Waals surface area contributed by atoms with Crippen molar-refractivity contribution in [3.63, 3.8) is 0 Å². The predicted molar refractivity (Wildman–Crippen MR) is 109 cm³/mol. The summed E-state index contributed by atoms with van der Waals surface area (Å²) in [6.45, 7) is 0.515. The second kappa shape index (κ2) is 7.62. The minimum Gasteiger partial charge on any atom is -0.326 e. The minimum atomic E-state index is -0.305. The minimum absolute atomic E-state index is 0.0291. The maximum absolute atomic E-state index is 12.9. The molecule has 0 saturated carbocycles. The summed E-state index contributed by atoms with van der Waals surface area (Å²) in [5, 5.41) is 4.78. The molecule has 5 nitrogen and oxygen atoms in total. The number of aromatic nitrogens is 1. The van der Waals surface area contributed by atoms with E-state index < -0.39 is 0 Å². The van der Waals surface area contributed by atoms with Gasteiger partial charge in [0.25, 0.3) is 5.91 Å². The molecule has 0 spiro atoms. The zero-order valence-electron chi connectivity index (χ0n) is 14.3. The number of hydrogen-bond donors (Lipinski definition) is 1. The van der Waals surface area contributed by atoms with Gasteiger partial charge in [-0.05, 0) is 51.1 Å². The second-order valence-corrected chi connectivity index (χ2v) is 8.13. The fourth-order valence-corrected chi connectivity index (χ4v) is 4.27. The topological polar surface area (TPSA) is 62.3 Å². The molecule has 0 fully saturated rings. The van der Waals surface area contributed by atoms with Crippen molar-refractivity contribution >= 4 is 44.9 Å². The Morgan fingerprint density at radius 2 is 2.07 bits per heavy atom. The molecule has 1 atom stereocenters. The zero-order valence-corrected chi connectivity index (χ0v) is 16.7. The summed E-state index contributed by atoms with van der Waals surface area (Å²) in [7, 11) is 0. The van der Waals surface area contributed by atoms with Gasteiger partial charge in [0.2, 0.25) is 5.91 Å². The van der Waals surface area contributed by atoms with Crippen LogP contribution in [0.25, 0.3) is 0 Å². The standard InChI is InChI=1S/C20H16BrN3O2S/c21-14-7-8-18(22-11-14)23-19(25)10-16(17-6-3-9-27-17)24-12-13-4-1-2-5-15(13)20(24)26/h1-9,11,16H,10,12H2,(H,22,23,25)/t16-/m1/s1. The molecular formula is C20H16BrN3O2S. The summed E-state index contributed by atoms with van der Waals surface area (Å²) in [5.41, 5.74) is 1.72. The van der Waals surface area contributed by atoms with Gasteiger partial charge in [-0.3, -0.25) is 9.59 Å². The first-order valence-corrected chi connectivity index (χ1v) is 10.1. The van der Waals surface area contributed by atoms with E-state index in [2.05, 4.69) is 26.2 Å². The number of hydrogen-bond acceptors (Lipinski definition) is 4. The van der Waals surface area contributed by atoms with Crippen molar-refractivity contribution in [2.45, 2.75) is 19.0 Å². The van der Waals surface area contributed by atoms with Crippen LogP contribution in [0.15, 0.2) is 64.6 Å². The highest BCUT2D eigenvalue weighted by Crippen LogP contribution is 2.35. The van der Waals surface area contributed by atoms with Gasteiger partial charge in [-0.1, -0.05) is 24.3 Å². The van der Waals surface area contributed by atoms with Gasteiger partial charge in [0, 0.05) is 27.7 Å². The van der Waals surface area contributed by atoms with Crippen molar-refractivity contribution in [2.24, 2.45) is 0 Å². The predicted octanol–water partition coefficient (Wildman–Crippen LogP) is 4.63. The van der Waals surface area contributed by atoms with Crippen LogP contribution in [0.1, 0.15) is 33.3 Å². The van der Waals surface area contributed by atoms with E-state index in [9.17, 15) is 9.59 Å². The molecule has 2 amide bonds. The van der Waals surface area contributed by atoms with Crippen LogP contribution in [0.2, 0.25) is 0 Å². The number of carbonyl (C=O) groups excluding carboxylic acids is 2. The Hall–Kier alpha value is -2.51. The first kappa shape index (κ1) is 17.9. The first-order valence-electron chi connectivity index (χ1n) is 8.45. The lowest BCUT2D eigenvalue weighted by Gasteiger charge is -2.26. The van der Waals surface area contributed by atoms with Crippen LogP contribution < -0.4 is 5.32 Å². The Morgan fingerprint density at radius 3 is 2.78 bits per heavy atom. The Bertz CT molecular complexity index is 973. The van der Waals surface area contributed by atoms with E-state index in [4.69, 9.17) is 0 Å². The lowest BCUT2D eigenvalue weighted by molar-refractivity contribution is -0.117. The van der Waals surface area contributed by atoms with E-state index in [0.717, 1.165) is 14.9 Å². The molecule has 7 heteroatoms. The SMILES string of the molecule is O=C(C[C@H](c1cccs1)N1Cc2ccccc2C1=O)Nc1ccc(Br)cn1. The molecule has 1 aliphatic rings. The fraction of sp³-hybridized carbons (Fsp3) is 0.150. The molecule has 3 aromatic rings. The summed E-state index contributed by atoms with van der Waals surface area (Å²) >= 11 is 4.88. The fourth-order valence-electron chi connectivity index (χ4n) is 3.19. The third kappa shape index (κ3) is 3.79. The Balaban J connectivity index is 1.55. The highest BCUT2D eigenvalue weighted by atomic mass is 79.9. The van der Waals surface area contributed by atoms with Crippen LogP contribution in [-0.4, -0.2) is 21.7 Å². The summed E-state index contributed by atoms with van der Waals surface area (Å²) in [6.07, 6.45) is 1.81. The van der Waals surface area contributed by atoms with E-state index in [1.807, 2.05) is 47.8 Å². The number of halogens is 1. The maximum atomic E-state index is 12.9. The number of pyridine rings is 1. The number of nitrogens with one attached hydrogen (secondary N) is 1. The van der Waals surface area contributed by atoms with Gasteiger partial charge in [0.05, 0.1) is 12.5 Å². The lowest BCUT2D eigenvalue weighted by atomic mass is 10.1. The molecule has 2 aromatic heterocycles. The molecule has 1 N–H and O–H groups in total. The van der Waals surface area contributed by atoms with Crippen molar-refractivity contribution in [3.05, 3.63) is 80.6 Å². The quantitative estimate of drug-likeness (QED) is 0.627. The molecular weight excluding hydrogens is 426 g/mol. The third-order valence-corrected chi connectivity index (χ3v) is 5.91. The third-order valence-electron chi connectivity index (χ3n) is 4.47. The number of carbonyl (C=O) groups is 2. The second-order valence-electron chi connectivity index (χ2n) is 6.24. The smallest absolute Gasteiger partial charge is 0.255 e. The Morgan fingerprint density at radius 1 is 1.22 bits per heavy atom. The van der Waals surface area contributed by atoms with Gasteiger partial charge in [-0.2, -0.15) is 0 Å². The lowest BCUT2D eigenvalue weighted by Crippen LogP contribution is -2.31. The van der Waals surface area contributed by atoms with Gasteiger partial charge in [-0.15, -0.1) is 11.3 Å². The molecule has 0 bridgehead atoms. The van der Waals surface area contributed by atoms with Crippen LogP contribution in [0.3, 0.4) is 0 Å². The molecule has 0 aliphatic carbocycles. The number of anilines is 1. The van der Waals surface area contributed by atoms with E-state index in [1.165, 1.54) is 0 Å². The van der Waals surface area contributed by atoms with E-state index in [1.54, 1.807) is 28.5 Å². The van der Waals surface area contributed by atoms with E-state index >= 15 is 0 Å². The molecule has 27 heavy (non-hydrogen) atoms. The van der Waals surface area contributed by atoms with Gasteiger partial charge in [0.1, 0.15) is 5.82 Å². The van der Waals surface area contributed by atoms with E-state index in [-0.39, 0.29) is 24.3 Å². The number of nitrogens with zero attached hydrogens (tertiary/aromatic N) is 2. The Kier molecular flexibility index (Phi) is 5.05. The van der Waals surface area contributed by atoms with Crippen molar-refractivity contribution in [1.29, 1.82) is 0 Å². The Labute approximate surface area is 169 Å². The van der Waals surface area contributed by atoms with Crippen molar-refractivity contribution in [1.82, 2.24) is 9.88 Å². The van der Waals surface area contributed by atoms with E-state index in [0.29, 0.717) is 17.9 Å². The van der Waals surface area contributed by atoms with Gasteiger partial charge in [-0.25, -0.2) is 4.98 Å². The molecule has 4 rings (SSSR count). The maximum Gasteiger partial charge on any atom is 0.255 e. The number of rotatable bonds is 5. The number of thiophene rings is 1. The number of amides is 2. The van der Waals surface area contributed by atoms with Crippen LogP contribution in [0.4, 0.5) is 5.82 Å². The normalized spacial score (nSPS) is 14.1. The van der Waals surface area contributed by atoms with Crippen LogP contribution in [0, 0.1) is 0 Å². The summed E-state index contributed by atoms with van der Waals surface area (Å²) < 4.78 is 0.845. The van der Waals surface area contributed by atoms with Crippen molar-refractivity contribution in [2.75, 3.05) is 5.32 Å². The highest BCUT2D eigenvalue weighted by molar-refractivity contribution is 9.10. The first-order chi connectivity index (χ1) is 13.1. The summed E-state index contributed by atoms with van der Waals surface area (Å²) in [5.74, 6) is 0.287. The van der Waals surface area contributed by atoms with Crippen molar-refractivity contribution in [3.8, 4) is 0 Å². The molecule has 0 saturated heterocycles. The average Bonchev–Trinajstić information content (AvgIpc) is 3.31. The molecule has 0 radical (unpaired) electrons. The summed E-state index contributed by atoms with van der Waals surface area (Å²) in [6, 6.07) is 14.8. The largest absolute Gasteiger partial charge is 0.326 e. The van der Waals surface area contributed by atoms with Gasteiger partial charge >= 0.3 is 0 Å². The molecule has 3 heterocycles. The van der Waals surface area contributed by atoms with Crippen LogP contribution in [0.5, 0.6) is 0 Å². The van der Waals surface area contributed by atoms with Crippen LogP contribution >= 0.6 is 27.3 Å². The highest BCUT2D eigenvalue weighted by Gasteiger charge is 2.34. The zero-order chi connectivity index (χ0) is 18.8. The van der Waals surface area contributed by atoms with Crippen molar-refractivity contribution < 1.29 is 9.59 Å². The average molecular weight is 442 g/mol. The van der Waals surface area contributed by atoms with Gasteiger partial charge < -0.3 is 10.2 Å².